The lowest BCUT2D eigenvalue weighted by Crippen LogP contribution is -2.15. The van der Waals surface area contributed by atoms with Crippen molar-refractivity contribution in [3.05, 3.63) is 66.2 Å². The van der Waals surface area contributed by atoms with E-state index in [1.54, 1.807) is 0 Å². The van der Waals surface area contributed by atoms with Crippen LogP contribution in [-0.4, -0.2) is 20.0 Å². The zero-order valence-electron chi connectivity index (χ0n) is 12.7. The first-order valence-corrected chi connectivity index (χ1v) is 7.18. The SMILES string of the molecule is CN(C)c1c(-c2ccccc2)cc(C(N)=O)c2ccccc12. The molecule has 22 heavy (non-hydrogen) atoms. The lowest BCUT2D eigenvalue weighted by molar-refractivity contribution is 0.100. The third kappa shape index (κ3) is 2.31. The largest absolute Gasteiger partial charge is 0.377 e. The fourth-order valence-corrected chi connectivity index (χ4v) is 2.88. The predicted molar refractivity (Wildman–Crippen MR) is 92.2 cm³/mol. The van der Waals surface area contributed by atoms with Crippen LogP contribution >= 0.6 is 0 Å². The molecule has 3 aromatic rings. The maximum Gasteiger partial charge on any atom is 0.249 e. The second-order valence-corrected chi connectivity index (χ2v) is 5.49. The maximum atomic E-state index is 11.9. The molecule has 0 aromatic heterocycles. The third-order valence-electron chi connectivity index (χ3n) is 3.81. The predicted octanol–water partition coefficient (Wildman–Crippen LogP) is 3.67. The van der Waals surface area contributed by atoms with Gasteiger partial charge in [0, 0.05) is 30.6 Å². The number of anilines is 1. The van der Waals surface area contributed by atoms with Gasteiger partial charge in [0.05, 0.1) is 5.69 Å². The molecule has 3 heteroatoms. The average molecular weight is 290 g/mol. The molecule has 0 bridgehead atoms. The number of nitrogens with two attached hydrogens (primary N) is 1. The summed E-state index contributed by atoms with van der Waals surface area (Å²) in [5, 5.41) is 1.92. The second-order valence-electron chi connectivity index (χ2n) is 5.49. The Balaban J connectivity index is 2.45. The van der Waals surface area contributed by atoms with Gasteiger partial charge in [-0.05, 0) is 17.0 Å². The second kappa shape index (κ2) is 5.53. The van der Waals surface area contributed by atoms with Crippen molar-refractivity contribution in [2.45, 2.75) is 0 Å². The zero-order chi connectivity index (χ0) is 15.7. The number of fused-ring (bicyclic) bond motifs is 1. The van der Waals surface area contributed by atoms with E-state index in [0.29, 0.717) is 5.56 Å². The van der Waals surface area contributed by atoms with Gasteiger partial charge in [-0.2, -0.15) is 0 Å². The molecule has 0 fully saturated rings. The van der Waals surface area contributed by atoms with Crippen LogP contribution in [0.5, 0.6) is 0 Å². The molecule has 3 nitrogen and oxygen atoms in total. The minimum absolute atomic E-state index is 0.404. The van der Waals surface area contributed by atoms with E-state index in [1.165, 1.54) is 0 Å². The highest BCUT2D eigenvalue weighted by molar-refractivity contribution is 6.13. The first-order chi connectivity index (χ1) is 10.6. The molecule has 0 aliphatic heterocycles. The fraction of sp³-hybridized carbons (Fsp3) is 0.105. The van der Waals surface area contributed by atoms with E-state index in [-0.39, 0.29) is 0 Å². The number of amides is 1. The normalized spacial score (nSPS) is 10.6. The van der Waals surface area contributed by atoms with Crippen molar-refractivity contribution in [2.75, 3.05) is 19.0 Å². The Bertz CT molecular complexity index is 839. The van der Waals surface area contributed by atoms with E-state index in [9.17, 15) is 4.79 Å². The molecule has 2 N–H and O–H groups in total. The number of rotatable bonds is 3. The van der Waals surface area contributed by atoms with E-state index >= 15 is 0 Å². The Hall–Kier alpha value is -2.81. The monoisotopic (exact) mass is 290 g/mol. The van der Waals surface area contributed by atoms with Crippen LogP contribution in [0.4, 0.5) is 5.69 Å². The zero-order valence-corrected chi connectivity index (χ0v) is 12.7. The molecule has 0 saturated heterocycles. The first-order valence-electron chi connectivity index (χ1n) is 7.18. The summed E-state index contributed by atoms with van der Waals surface area (Å²) in [5.74, 6) is -0.404. The highest BCUT2D eigenvalue weighted by Crippen LogP contribution is 2.38. The van der Waals surface area contributed by atoms with Gasteiger partial charge in [0.2, 0.25) is 5.91 Å². The quantitative estimate of drug-likeness (QED) is 0.800. The van der Waals surface area contributed by atoms with Crippen molar-refractivity contribution in [3.63, 3.8) is 0 Å². The highest BCUT2D eigenvalue weighted by Gasteiger charge is 2.17. The van der Waals surface area contributed by atoms with Gasteiger partial charge in [-0.15, -0.1) is 0 Å². The Morgan fingerprint density at radius 1 is 0.909 bits per heavy atom. The standard InChI is InChI=1S/C19H18N2O/c1-21(2)18-15-11-7-6-10-14(15)17(19(20)22)12-16(18)13-8-4-3-5-9-13/h3-12H,1-2H3,(H2,20,22). The molecule has 0 atom stereocenters. The molecule has 0 spiro atoms. The maximum absolute atomic E-state index is 11.9. The molecule has 0 aliphatic rings. The van der Waals surface area contributed by atoms with Crippen LogP contribution in [-0.2, 0) is 0 Å². The molecular formula is C19H18N2O. The van der Waals surface area contributed by atoms with Crippen molar-refractivity contribution < 1.29 is 4.79 Å². The number of benzene rings is 3. The molecular weight excluding hydrogens is 272 g/mol. The summed E-state index contributed by atoms with van der Waals surface area (Å²) in [5.41, 5.74) is 9.33. The average Bonchev–Trinajstić information content (AvgIpc) is 2.53. The summed E-state index contributed by atoms with van der Waals surface area (Å²) in [6.45, 7) is 0. The molecule has 0 unspecified atom stereocenters. The van der Waals surface area contributed by atoms with Gasteiger partial charge in [0.25, 0.3) is 0 Å². The van der Waals surface area contributed by atoms with Gasteiger partial charge >= 0.3 is 0 Å². The summed E-state index contributed by atoms with van der Waals surface area (Å²) in [7, 11) is 4.02. The van der Waals surface area contributed by atoms with Crippen LogP contribution < -0.4 is 10.6 Å². The molecule has 110 valence electrons. The molecule has 0 radical (unpaired) electrons. The van der Waals surface area contributed by atoms with E-state index in [4.69, 9.17) is 5.73 Å². The lowest BCUT2D eigenvalue weighted by Gasteiger charge is -2.22. The Morgan fingerprint density at radius 3 is 2.09 bits per heavy atom. The highest BCUT2D eigenvalue weighted by atomic mass is 16.1. The minimum atomic E-state index is -0.404. The van der Waals surface area contributed by atoms with Gasteiger partial charge < -0.3 is 10.6 Å². The summed E-state index contributed by atoms with van der Waals surface area (Å²) < 4.78 is 0. The lowest BCUT2D eigenvalue weighted by atomic mass is 9.93. The number of hydrogen-bond donors (Lipinski definition) is 1. The fourth-order valence-electron chi connectivity index (χ4n) is 2.88. The van der Waals surface area contributed by atoms with Crippen LogP contribution in [0.3, 0.4) is 0 Å². The van der Waals surface area contributed by atoms with Gasteiger partial charge in [0.1, 0.15) is 0 Å². The van der Waals surface area contributed by atoms with E-state index < -0.39 is 5.91 Å². The summed E-state index contributed by atoms with van der Waals surface area (Å²) in [6, 6.07) is 19.8. The molecule has 0 heterocycles. The molecule has 3 aromatic carbocycles. The van der Waals surface area contributed by atoms with Gasteiger partial charge in [-0.25, -0.2) is 0 Å². The Kier molecular flexibility index (Phi) is 3.55. The van der Waals surface area contributed by atoms with Crippen LogP contribution in [0.15, 0.2) is 60.7 Å². The van der Waals surface area contributed by atoms with E-state index in [0.717, 1.165) is 27.6 Å². The van der Waals surface area contributed by atoms with Gasteiger partial charge in [-0.3, -0.25) is 4.79 Å². The van der Waals surface area contributed by atoms with Gasteiger partial charge in [0.15, 0.2) is 0 Å². The van der Waals surface area contributed by atoms with Crippen molar-refractivity contribution in [2.24, 2.45) is 5.73 Å². The van der Waals surface area contributed by atoms with Gasteiger partial charge in [-0.1, -0.05) is 54.6 Å². The molecule has 0 saturated carbocycles. The molecule has 0 aliphatic carbocycles. The van der Waals surface area contributed by atoms with Crippen molar-refractivity contribution >= 4 is 22.4 Å². The Morgan fingerprint density at radius 2 is 1.50 bits per heavy atom. The van der Waals surface area contributed by atoms with Crippen molar-refractivity contribution in [1.82, 2.24) is 0 Å². The number of hydrogen-bond acceptors (Lipinski definition) is 2. The molecule has 3 rings (SSSR count). The van der Waals surface area contributed by atoms with Crippen LogP contribution in [0.2, 0.25) is 0 Å². The first kappa shape index (κ1) is 14.1. The van der Waals surface area contributed by atoms with Crippen LogP contribution in [0.1, 0.15) is 10.4 Å². The van der Waals surface area contributed by atoms with Crippen LogP contribution in [0, 0.1) is 0 Å². The van der Waals surface area contributed by atoms with Crippen molar-refractivity contribution in [1.29, 1.82) is 0 Å². The smallest absolute Gasteiger partial charge is 0.249 e. The van der Waals surface area contributed by atoms with Crippen molar-refractivity contribution in [3.8, 4) is 11.1 Å². The molecule has 1 amide bonds. The number of carbonyl (C=O) groups is 1. The number of primary amides is 1. The van der Waals surface area contributed by atoms with Crippen LogP contribution in [0.25, 0.3) is 21.9 Å². The Labute approximate surface area is 130 Å². The van der Waals surface area contributed by atoms with E-state index in [2.05, 4.69) is 4.90 Å². The number of nitrogens with zero attached hydrogens (tertiary/aromatic N) is 1. The van der Waals surface area contributed by atoms with E-state index in [1.807, 2.05) is 74.8 Å². The third-order valence-corrected chi connectivity index (χ3v) is 3.81. The topological polar surface area (TPSA) is 46.3 Å². The number of carbonyl (C=O) groups excluding carboxylic acids is 1. The summed E-state index contributed by atoms with van der Waals surface area (Å²) >= 11 is 0. The summed E-state index contributed by atoms with van der Waals surface area (Å²) in [6.07, 6.45) is 0. The summed E-state index contributed by atoms with van der Waals surface area (Å²) in [4.78, 5) is 14.0. The minimum Gasteiger partial charge on any atom is -0.377 e.